The van der Waals surface area contributed by atoms with Crippen LogP contribution >= 0.6 is 0 Å². The van der Waals surface area contributed by atoms with Gasteiger partial charge < -0.3 is 10.5 Å². The predicted octanol–water partition coefficient (Wildman–Crippen LogP) is -1.50. The molecular formula is C14H17N5O5. The van der Waals surface area contributed by atoms with Crippen molar-refractivity contribution in [2.45, 2.75) is 32.0 Å². The van der Waals surface area contributed by atoms with E-state index in [1.54, 1.807) is 0 Å². The second-order valence-corrected chi connectivity index (χ2v) is 5.81. The SMILES string of the molecule is COC(=O)C(=O)[C@@H]1CCCC[C@H](C2=N[C@@H]3NN=C(N)N3C2=O)C1=O. The number of Topliss-reactive ketones (excluding diaryl/α,β-unsaturated/α-hetero) is 2. The lowest BCUT2D eigenvalue weighted by Gasteiger charge is -2.17. The van der Waals surface area contributed by atoms with Crippen molar-refractivity contribution in [3.8, 4) is 0 Å². The van der Waals surface area contributed by atoms with Gasteiger partial charge in [-0.25, -0.2) is 14.7 Å². The zero-order valence-electron chi connectivity index (χ0n) is 13.0. The first kappa shape index (κ1) is 16.1. The Morgan fingerprint density at radius 3 is 2.67 bits per heavy atom. The summed E-state index contributed by atoms with van der Waals surface area (Å²) in [7, 11) is 1.09. The van der Waals surface area contributed by atoms with Gasteiger partial charge in [-0.3, -0.25) is 19.8 Å². The van der Waals surface area contributed by atoms with Crippen LogP contribution in [0.15, 0.2) is 10.1 Å². The van der Waals surface area contributed by atoms with Gasteiger partial charge in [0.25, 0.3) is 5.91 Å². The van der Waals surface area contributed by atoms with Crippen molar-refractivity contribution in [1.29, 1.82) is 0 Å². The Morgan fingerprint density at radius 1 is 1.29 bits per heavy atom. The Hall–Kier alpha value is -2.78. The van der Waals surface area contributed by atoms with E-state index in [0.717, 1.165) is 12.0 Å². The lowest BCUT2D eigenvalue weighted by atomic mass is 9.85. The lowest BCUT2D eigenvalue weighted by molar-refractivity contribution is -0.155. The summed E-state index contributed by atoms with van der Waals surface area (Å²) in [4.78, 5) is 54.2. The molecule has 1 aliphatic carbocycles. The van der Waals surface area contributed by atoms with Gasteiger partial charge in [0.1, 0.15) is 5.71 Å². The summed E-state index contributed by atoms with van der Waals surface area (Å²) in [5, 5.41) is 3.71. The third-order valence-corrected chi connectivity index (χ3v) is 4.44. The van der Waals surface area contributed by atoms with Gasteiger partial charge >= 0.3 is 5.97 Å². The van der Waals surface area contributed by atoms with Gasteiger partial charge in [0.15, 0.2) is 5.78 Å². The molecular weight excluding hydrogens is 318 g/mol. The Balaban J connectivity index is 1.85. The monoisotopic (exact) mass is 335 g/mol. The van der Waals surface area contributed by atoms with E-state index in [1.807, 2.05) is 0 Å². The fraction of sp³-hybridized carbons (Fsp3) is 0.571. The third kappa shape index (κ3) is 2.43. The molecule has 3 atom stereocenters. The molecule has 0 aromatic heterocycles. The van der Waals surface area contributed by atoms with Crippen LogP contribution in [0.2, 0.25) is 0 Å². The quantitative estimate of drug-likeness (QED) is 0.276. The Kier molecular flexibility index (Phi) is 4.04. The number of hydrogen-bond acceptors (Lipinski definition) is 9. The number of ketones is 2. The molecule has 2 heterocycles. The minimum absolute atomic E-state index is 0.0213. The van der Waals surface area contributed by atoms with Crippen LogP contribution < -0.4 is 11.2 Å². The molecule has 0 aromatic rings. The molecule has 3 rings (SSSR count). The van der Waals surface area contributed by atoms with E-state index in [1.165, 1.54) is 0 Å². The van der Waals surface area contributed by atoms with Crippen LogP contribution in [0.1, 0.15) is 25.7 Å². The van der Waals surface area contributed by atoms with Crippen LogP contribution in [0, 0.1) is 11.8 Å². The summed E-state index contributed by atoms with van der Waals surface area (Å²) in [5.41, 5.74) is 8.26. The van der Waals surface area contributed by atoms with Crippen molar-refractivity contribution in [3.63, 3.8) is 0 Å². The highest BCUT2D eigenvalue weighted by Crippen LogP contribution is 2.30. The minimum atomic E-state index is -1.10. The Labute approximate surface area is 137 Å². The molecule has 2 aliphatic heterocycles. The van der Waals surface area contributed by atoms with Crippen molar-refractivity contribution in [2.24, 2.45) is 27.7 Å². The molecule has 0 radical (unpaired) electrons. The third-order valence-electron chi connectivity index (χ3n) is 4.44. The highest BCUT2D eigenvalue weighted by atomic mass is 16.5. The molecule has 1 fully saturated rings. The number of amides is 1. The summed E-state index contributed by atoms with van der Waals surface area (Å²) in [6, 6.07) is 0. The van der Waals surface area contributed by atoms with Gasteiger partial charge in [-0.15, -0.1) is 5.10 Å². The number of hydrogen-bond donors (Lipinski definition) is 2. The first-order chi connectivity index (χ1) is 11.5. The number of ether oxygens (including phenoxy) is 1. The molecule has 24 heavy (non-hydrogen) atoms. The van der Waals surface area contributed by atoms with Crippen LogP contribution in [-0.2, 0) is 23.9 Å². The number of nitrogens with two attached hydrogens (primary N) is 1. The maximum absolute atomic E-state index is 12.8. The van der Waals surface area contributed by atoms with Crippen LogP contribution in [-0.4, -0.2) is 53.4 Å². The molecule has 3 N–H and O–H groups in total. The number of methoxy groups -OCH3 is 1. The number of esters is 1. The number of guanidine groups is 1. The van der Waals surface area contributed by atoms with Crippen LogP contribution in [0.3, 0.4) is 0 Å². The molecule has 128 valence electrons. The van der Waals surface area contributed by atoms with Crippen LogP contribution in [0.5, 0.6) is 0 Å². The van der Waals surface area contributed by atoms with Crippen molar-refractivity contribution < 1.29 is 23.9 Å². The normalized spacial score (nSPS) is 29.4. The number of fused-ring (bicyclic) bond motifs is 1. The molecule has 10 nitrogen and oxygen atoms in total. The van der Waals surface area contributed by atoms with Gasteiger partial charge in [-0.2, -0.15) is 0 Å². The highest BCUT2D eigenvalue weighted by Gasteiger charge is 2.47. The zero-order chi connectivity index (χ0) is 17.4. The fourth-order valence-electron chi connectivity index (χ4n) is 3.21. The predicted molar refractivity (Wildman–Crippen MR) is 80.3 cm³/mol. The number of carbonyl (C=O) groups excluding carboxylic acids is 4. The number of nitrogens with zero attached hydrogens (tertiary/aromatic N) is 3. The van der Waals surface area contributed by atoms with Crippen molar-refractivity contribution >= 4 is 35.1 Å². The van der Waals surface area contributed by atoms with Gasteiger partial charge in [0, 0.05) is 0 Å². The van der Waals surface area contributed by atoms with Crippen molar-refractivity contribution in [1.82, 2.24) is 10.3 Å². The van der Waals surface area contributed by atoms with Crippen molar-refractivity contribution in [3.05, 3.63) is 0 Å². The van der Waals surface area contributed by atoms with Crippen molar-refractivity contribution in [2.75, 3.05) is 7.11 Å². The molecule has 0 saturated heterocycles. The summed E-state index contributed by atoms with van der Waals surface area (Å²) in [6.45, 7) is 0. The smallest absolute Gasteiger partial charge is 0.375 e. The number of rotatable bonds is 3. The van der Waals surface area contributed by atoms with Crippen LogP contribution in [0.4, 0.5) is 0 Å². The Morgan fingerprint density at radius 2 is 2.00 bits per heavy atom. The molecule has 1 amide bonds. The first-order valence-corrected chi connectivity index (χ1v) is 7.61. The van der Waals surface area contributed by atoms with E-state index in [2.05, 4.69) is 20.3 Å². The first-order valence-electron chi connectivity index (χ1n) is 7.61. The average molecular weight is 335 g/mol. The minimum Gasteiger partial charge on any atom is -0.463 e. The van der Waals surface area contributed by atoms with E-state index >= 15 is 0 Å². The molecule has 3 aliphatic rings. The second-order valence-electron chi connectivity index (χ2n) is 5.81. The van der Waals surface area contributed by atoms with Crippen LogP contribution in [0.25, 0.3) is 0 Å². The molecule has 0 spiro atoms. The molecule has 10 heteroatoms. The Bertz CT molecular complexity index is 685. The maximum Gasteiger partial charge on any atom is 0.375 e. The second kappa shape index (κ2) is 6.02. The molecule has 0 bridgehead atoms. The van der Waals surface area contributed by atoms with E-state index in [4.69, 9.17) is 5.73 Å². The summed E-state index contributed by atoms with van der Waals surface area (Å²) in [5.74, 6) is -4.85. The largest absolute Gasteiger partial charge is 0.463 e. The van der Waals surface area contributed by atoms with E-state index in [9.17, 15) is 19.2 Å². The summed E-state index contributed by atoms with van der Waals surface area (Å²) >= 11 is 0. The molecule has 0 unspecified atom stereocenters. The number of aliphatic imine (C=N–C) groups is 1. The average Bonchev–Trinajstić information content (AvgIpc) is 3.02. The number of nitrogens with one attached hydrogen (secondary N) is 1. The highest BCUT2D eigenvalue weighted by molar-refractivity contribution is 6.48. The topological polar surface area (TPSA) is 144 Å². The van der Waals surface area contributed by atoms with E-state index in [0.29, 0.717) is 19.3 Å². The summed E-state index contributed by atoms with van der Waals surface area (Å²) < 4.78 is 4.42. The summed E-state index contributed by atoms with van der Waals surface area (Å²) in [6.07, 6.45) is 1.16. The van der Waals surface area contributed by atoms with E-state index in [-0.39, 0.29) is 18.1 Å². The number of hydrazone groups is 1. The van der Waals surface area contributed by atoms with Gasteiger partial charge in [-0.05, 0) is 12.8 Å². The standard InChI is InChI=1S/C14H17N5O5/c1-24-12(23)10(21)7-5-3-2-4-6(9(7)20)8-11(22)19-13(15)17-18-14(19)16-8/h6-7,14,18H,2-5H2,1H3,(H2,15,17)/t6-,7-,14-/m1/s1. The zero-order valence-corrected chi connectivity index (χ0v) is 13.0. The van der Waals surface area contributed by atoms with Gasteiger partial charge in [0.05, 0.1) is 18.9 Å². The fourth-order valence-corrected chi connectivity index (χ4v) is 3.21. The molecule has 1 saturated carbocycles. The molecule has 0 aromatic carbocycles. The number of carbonyl (C=O) groups is 4. The van der Waals surface area contributed by atoms with E-state index < -0.39 is 41.6 Å². The maximum atomic E-state index is 12.8. The lowest BCUT2D eigenvalue weighted by Crippen LogP contribution is -2.45. The van der Waals surface area contributed by atoms with Gasteiger partial charge in [-0.1, -0.05) is 12.8 Å². The van der Waals surface area contributed by atoms with Gasteiger partial charge in [0.2, 0.25) is 18.0 Å².